The van der Waals surface area contributed by atoms with Gasteiger partial charge in [-0.1, -0.05) is 18.2 Å². The van der Waals surface area contributed by atoms with Crippen LogP contribution < -0.4 is 5.32 Å². The van der Waals surface area contributed by atoms with E-state index in [0.29, 0.717) is 6.54 Å². The van der Waals surface area contributed by atoms with Crippen LogP contribution in [0.25, 0.3) is 10.9 Å². The van der Waals surface area contributed by atoms with E-state index < -0.39 is 0 Å². The first-order valence-corrected chi connectivity index (χ1v) is 6.26. The molecule has 0 saturated heterocycles. The summed E-state index contributed by atoms with van der Waals surface area (Å²) in [5.41, 5.74) is 2.44. The molecule has 1 aromatic carbocycles. The number of hydrogen-bond acceptors (Lipinski definition) is 1. The molecule has 84 valence electrons. The van der Waals surface area contributed by atoms with Crippen LogP contribution in [0.2, 0.25) is 0 Å². The molecule has 2 aromatic rings. The van der Waals surface area contributed by atoms with Gasteiger partial charge < -0.3 is 10.3 Å². The van der Waals surface area contributed by atoms with Crippen LogP contribution in [0, 0.1) is 3.70 Å². The summed E-state index contributed by atoms with van der Waals surface area (Å²) in [6.45, 7) is 2.23. The van der Waals surface area contributed by atoms with Gasteiger partial charge in [0.15, 0.2) is 0 Å². The zero-order valence-corrected chi connectivity index (χ0v) is 11.2. The maximum Gasteiger partial charge on any atom is 0.216 e. The molecule has 1 heterocycles. The lowest BCUT2D eigenvalue weighted by Crippen LogP contribution is -2.22. The van der Waals surface area contributed by atoms with Crippen LogP contribution in [0.15, 0.2) is 24.3 Å². The second-order valence-electron chi connectivity index (χ2n) is 3.70. The van der Waals surface area contributed by atoms with E-state index >= 15 is 0 Å². The Morgan fingerprint density at radius 3 is 2.94 bits per heavy atom. The van der Waals surface area contributed by atoms with Crippen LogP contribution in [-0.2, 0) is 11.2 Å². The van der Waals surface area contributed by atoms with E-state index in [-0.39, 0.29) is 5.91 Å². The first kappa shape index (κ1) is 11.4. The second kappa shape index (κ2) is 4.86. The molecule has 2 rings (SSSR count). The number of H-pyrrole nitrogens is 1. The van der Waals surface area contributed by atoms with Gasteiger partial charge in [-0.15, -0.1) is 0 Å². The third kappa shape index (κ3) is 2.37. The fraction of sp³-hybridized carbons (Fsp3) is 0.250. The predicted molar refractivity (Wildman–Crippen MR) is 73.4 cm³/mol. The van der Waals surface area contributed by atoms with Gasteiger partial charge in [0.2, 0.25) is 5.91 Å². The van der Waals surface area contributed by atoms with Gasteiger partial charge >= 0.3 is 0 Å². The summed E-state index contributed by atoms with van der Waals surface area (Å²) in [6, 6.07) is 8.23. The Hall–Kier alpha value is -1.04. The average Bonchev–Trinajstić information content (AvgIpc) is 2.55. The number of nitrogens with one attached hydrogen (secondary N) is 2. The number of rotatable bonds is 3. The molecule has 3 nitrogen and oxygen atoms in total. The van der Waals surface area contributed by atoms with Gasteiger partial charge in [0.25, 0.3) is 0 Å². The van der Waals surface area contributed by atoms with E-state index in [0.717, 1.165) is 15.6 Å². The highest BCUT2D eigenvalue weighted by Gasteiger charge is 2.08. The van der Waals surface area contributed by atoms with Crippen LogP contribution in [0.1, 0.15) is 12.5 Å². The summed E-state index contributed by atoms with van der Waals surface area (Å²) >= 11 is 2.30. The fourth-order valence-electron chi connectivity index (χ4n) is 1.78. The van der Waals surface area contributed by atoms with Crippen molar-refractivity contribution >= 4 is 39.4 Å². The molecular weight excluding hydrogens is 315 g/mol. The number of para-hydroxylation sites is 1. The standard InChI is InChI=1S/C12H13IN2O/c1-8(16)14-7-6-10-9-4-2-3-5-11(9)15-12(10)13/h2-5,15H,6-7H2,1H3,(H,14,16). The van der Waals surface area contributed by atoms with Gasteiger partial charge in [-0.25, -0.2) is 0 Å². The van der Waals surface area contributed by atoms with Crippen molar-refractivity contribution in [2.75, 3.05) is 6.54 Å². The van der Waals surface area contributed by atoms with Crippen molar-refractivity contribution in [3.8, 4) is 0 Å². The molecule has 1 amide bonds. The quantitative estimate of drug-likeness (QED) is 0.836. The first-order valence-electron chi connectivity index (χ1n) is 5.18. The molecule has 0 fully saturated rings. The lowest BCUT2D eigenvalue weighted by atomic mass is 10.1. The van der Waals surface area contributed by atoms with E-state index in [4.69, 9.17) is 0 Å². The predicted octanol–water partition coefficient (Wildman–Crippen LogP) is 2.45. The molecule has 2 N–H and O–H groups in total. The Morgan fingerprint density at radius 2 is 2.19 bits per heavy atom. The van der Waals surface area contributed by atoms with Crippen LogP contribution in [0.5, 0.6) is 0 Å². The summed E-state index contributed by atoms with van der Waals surface area (Å²) in [4.78, 5) is 14.1. The number of fused-ring (bicyclic) bond motifs is 1. The lowest BCUT2D eigenvalue weighted by Gasteiger charge is -2.01. The number of carbonyl (C=O) groups excluding carboxylic acids is 1. The smallest absolute Gasteiger partial charge is 0.216 e. The monoisotopic (exact) mass is 328 g/mol. The number of halogens is 1. The number of benzene rings is 1. The van der Waals surface area contributed by atoms with Gasteiger partial charge in [-0.3, -0.25) is 4.79 Å². The number of carbonyl (C=O) groups is 1. The van der Waals surface area contributed by atoms with Crippen molar-refractivity contribution in [1.82, 2.24) is 10.3 Å². The van der Waals surface area contributed by atoms with Crippen molar-refractivity contribution < 1.29 is 4.79 Å². The molecule has 0 aliphatic heterocycles. The minimum Gasteiger partial charge on any atom is -0.356 e. The number of amides is 1. The maximum atomic E-state index is 10.8. The SMILES string of the molecule is CC(=O)NCCc1c(I)[nH]c2ccccc12. The molecule has 0 spiro atoms. The number of aromatic amines is 1. The van der Waals surface area contributed by atoms with Crippen molar-refractivity contribution in [2.24, 2.45) is 0 Å². The van der Waals surface area contributed by atoms with E-state index in [1.807, 2.05) is 12.1 Å². The Balaban J connectivity index is 2.22. The van der Waals surface area contributed by atoms with Gasteiger partial charge in [0.05, 0.1) is 3.70 Å². The summed E-state index contributed by atoms with van der Waals surface area (Å²) in [7, 11) is 0. The first-order chi connectivity index (χ1) is 7.68. The summed E-state index contributed by atoms with van der Waals surface area (Å²) in [5, 5.41) is 4.07. The molecular formula is C12H13IN2O. The molecule has 0 unspecified atom stereocenters. The topological polar surface area (TPSA) is 44.9 Å². The highest BCUT2D eigenvalue weighted by Crippen LogP contribution is 2.23. The van der Waals surface area contributed by atoms with Crippen LogP contribution >= 0.6 is 22.6 Å². The molecule has 16 heavy (non-hydrogen) atoms. The van der Waals surface area contributed by atoms with Crippen molar-refractivity contribution in [3.63, 3.8) is 0 Å². The zero-order valence-electron chi connectivity index (χ0n) is 9.01. The van der Waals surface area contributed by atoms with E-state index in [9.17, 15) is 4.79 Å². The maximum absolute atomic E-state index is 10.8. The van der Waals surface area contributed by atoms with Gasteiger partial charge in [-0.05, 0) is 40.6 Å². The van der Waals surface area contributed by atoms with Crippen molar-refractivity contribution in [2.45, 2.75) is 13.3 Å². The Kier molecular flexibility index (Phi) is 3.48. The lowest BCUT2D eigenvalue weighted by molar-refractivity contribution is -0.118. The third-order valence-corrected chi connectivity index (χ3v) is 3.43. The van der Waals surface area contributed by atoms with E-state index in [1.54, 1.807) is 6.92 Å². The molecule has 0 atom stereocenters. The summed E-state index contributed by atoms with van der Waals surface area (Å²) in [6.07, 6.45) is 0.863. The Bertz CT molecular complexity index is 519. The van der Waals surface area contributed by atoms with E-state index in [1.165, 1.54) is 10.9 Å². The minimum atomic E-state index is 0.0230. The third-order valence-electron chi connectivity index (χ3n) is 2.51. The highest BCUT2D eigenvalue weighted by molar-refractivity contribution is 14.1. The fourth-order valence-corrected chi connectivity index (χ4v) is 2.63. The molecule has 0 saturated carbocycles. The second-order valence-corrected chi connectivity index (χ2v) is 4.77. The Labute approximate surface area is 108 Å². The summed E-state index contributed by atoms with van der Waals surface area (Å²) in [5.74, 6) is 0.0230. The van der Waals surface area contributed by atoms with Crippen molar-refractivity contribution in [3.05, 3.63) is 33.5 Å². The molecule has 0 aliphatic carbocycles. The summed E-state index contributed by atoms with van der Waals surface area (Å²) < 4.78 is 1.16. The van der Waals surface area contributed by atoms with Crippen LogP contribution in [0.4, 0.5) is 0 Å². The normalized spacial score (nSPS) is 10.6. The van der Waals surface area contributed by atoms with Gasteiger partial charge in [0.1, 0.15) is 0 Å². The molecule has 0 aliphatic rings. The molecule has 1 aromatic heterocycles. The minimum absolute atomic E-state index is 0.0230. The van der Waals surface area contributed by atoms with Gasteiger partial charge in [0, 0.05) is 24.4 Å². The van der Waals surface area contributed by atoms with Crippen LogP contribution in [-0.4, -0.2) is 17.4 Å². The number of hydrogen-bond donors (Lipinski definition) is 2. The van der Waals surface area contributed by atoms with Crippen LogP contribution in [0.3, 0.4) is 0 Å². The average molecular weight is 328 g/mol. The number of aromatic nitrogens is 1. The van der Waals surface area contributed by atoms with Crippen molar-refractivity contribution in [1.29, 1.82) is 0 Å². The Morgan fingerprint density at radius 1 is 1.44 bits per heavy atom. The van der Waals surface area contributed by atoms with Gasteiger partial charge in [-0.2, -0.15) is 0 Å². The zero-order chi connectivity index (χ0) is 11.5. The molecule has 4 heteroatoms. The molecule has 0 radical (unpaired) electrons. The largest absolute Gasteiger partial charge is 0.356 e. The van der Waals surface area contributed by atoms with E-state index in [2.05, 4.69) is 45.0 Å². The molecule has 0 bridgehead atoms. The highest BCUT2D eigenvalue weighted by atomic mass is 127.